The first-order valence-corrected chi connectivity index (χ1v) is 7.30. The smallest absolute Gasteiger partial charge is 0.146 e. The van der Waals surface area contributed by atoms with Gasteiger partial charge in [-0.05, 0) is 36.2 Å². The van der Waals surface area contributed by atoms with Crippen LogP contribution in [0.1, 0.15) is 11.1 Å². The molecule has 2 aromatic rings. The molecule has 2 rings (SSSR count). The summed E-state index contributed by atoms with van der Waals surface area (Å²) in [6, 6.07) is 13.6. The molecule has 0 spiro atoms. The molecule has 4 heteroatoms. The Morgan fingerprint density at radius 3 is 2.62 bits per heavy atom. The van der Waals surface area contributed by atoms with Crippen molar-refractivity contribution in [3.8, 4) is 11.5 Å². The fourth-order valence-electron chi connectivity index (χ4n) is 1.99. The van der Waals surface area contributed by atoms with Crippen LogP contribution in [0.5, 0.6) is 11.5 Å². The molecule has 0 aliphatic heterocycles. The lowest BCUT2D eigenvalue weighted by molar-refractivity contribution is 0.199. The molecule has 0 heterocycles. The van der Waals surface area contributed by atoms with Gasteiger partial charge in [0.1, 0.15) is 11.5 Å². The SMILES string of the molecule is COCCNCc1ccc(Oc2ccccc2Cl)c(C)c1. The van der Waals surface area contributed by atoms with Crippen molar-refractivity contribution < 1.29 is 9.47 Å². The normalized spacial score (nSPS) is 10.6. The van der Waals surface area contributed by atoms with Gasteiger partial charge in [0.15, 0.2) is 0 Å². The monoisotopic (exact) mass is 305 g/mol. The number of benzene rings is 2. The van der Waals surface area contributed by atoms with Gasteiger partial charge >= 0.3 is 0 Å². The number of para-hydroxylation sites is 1. The van der Waals surface area contributed by atoms with E-state index in [9.17, 15) is 0 Å². The van der Waals surface area contributed by atoms with Crippen LogP contribution in [-0.2, 0) is 11.3 Å². The van der Waals surface area contributed by atoms with Gasteiger partial charge < -0.3 is 14.8 Å². The van der Waals surface area contributed by atoms with E-state index < -0.39 is 0 Å². The Balaban J connectivity index is 2.01. The fourth-order valence-corrected chi connectivity index (χ4v) is 2.16. The molecule has 0 unspecified atom stereocenters. The van der Waals surface area contributed by atoms with Crippen LogP contribution in [0.25, 0.3) is 0 Å². The fraction of sp³-hybridized carbons (Fsp3) is 0.294. The molecule has 2 aromatic carbocycles. The number of aryl methyl sites for hydroxylation is 1. The summed E-state index contributed by atoms with van der Waals surface area (Å²) >= 11 is 6.11. The molecule has 0 aliphatic rings. The first-order valence-electron chi connectivity index (χ1n) is 6.92. The summed E-state index contributed by atoms with van der Waals surface area (Å²) in [5.41, 5.74) is 2.30. The zero-order valence-electron chi connectivity index (χ0n) is 12.4. The molecule has 21 heavy (non-hydrogen) atoms. The number of methoxy groups -OCH3 is 1. The van der Waals surface area contributed by atoms with Gasteiger partial charge in [-0.3, -0.25) is 0 Å². The number of halogens is 1. The van der Waals surface area contributed by atoms with E-state index in [4.69, 9.17) is 21.1 Å². The predicted octanol–water partition coefficient (Wildman–Crippen LogP) is 4.18. The van der Waals surface area contributed by atoms with Gasteiger partial charge in [0, 0.05) is 20.2 Å². The van der Waals surface area contributed by atoms with Crippen LogP contribution in [0.2, 0.25) is 5.02 Å². The maximum absolute atomic E-state index is 6.11. The number of hydrogen-bond donors (Lipinski definition) is 1. The molecular formula is C17H20ClNO2. The van der Waals surface area contributed by atoms with E-state index in [0.717, 1.165) is 24.4 Å². The minimum absolute atomic E-state index is 0.613. The van der Waals surface area contributed by atoms with Crippen molar-refractivity contribution >= 4 is 11.6 Å². The average molecular weight is 306 g/mol. The number of nitrogens with one attached hydrogen (secondary N) is 1. The number of hydrogen-bond acceptors (Lipinski definition) is 3. The third-order valence-electron chi connectivity index (χ3n) is 3.11. The van der Waals surface area contributed by atoms with Gasteiger partial charge in [-0.1, -0.05) is 35.9 Å². The highest BCUT2D eigenvalue weighted by atomic mass is 35.5. The van der Waals surface area contributed by atoms with Crippen LogP contribution in [-0.4, -0.2) is 20.3 Å². The molecule has 0 aromatic heterocycles. The molecule has 0 saturated carbocycles. The molecule has 0 bridgehead atoms. The third kappa shape index (κ3) is 4.74. The van der Waals surface area contributed by atoms with Gasteiger partial charge in [0.25, 0.3) is 0 Å². The van der Waals surface area contributed by atoms with Crippen LogP contribution in [0.3, 0.4) is 0 Å². The molecule has 0 radical (unpaired) electrons. The molecule has 0 amide bonds. The van der Waals surface area contributed by atoms with E-state index in [0.29, 0.717) is 17.4 Å². The van der Waals surface area contributed by atoms with Crippen LogP contribution >= 0.6 is 11.6 Å². The van der Waals surface area contributed by atoms with Crippen LogP contribution in [0.4, 0.5) is 0 Å². The summed E-state index contributed by atoms with van der Waals surface area (Å²) in [7, 11) is 1.70. The Labute approximate surface area is 130 Å². The zero-order valence-corrected chi connectivity index (χ0v) is 13.1. The van der Waals surface area contributed by atoms with Crippen LogP contribution in [0.15, 0.2) is 42.5 Å². The van der Waals surface area contributed by atoms with Crippen molar-refractivity contribution in [2.45, 2.75) is 13.5 Å². The van der Waals surface area contributed by atoms with E-state index >= 15 is 0 Å². The summed E-state index contributed by atoms with van der Waals surface area (Å²) in [4.78, 5) is 0. The second-order valence-corrected chi connectivity index (χ2v) is 5.21. The van der Waals surface area contributed by atoms with Gasteiger partial charge in [0.05, 0.1) is 11.6 Å². The minimum atomic E-state index is 0.613. The van der Waals surface area contributed by atoms with Gasteiger partial charge in [0.2, 0.25) is 0 Å². The Morgan fingerprint density at radius 1 is 1.10 bits per heavy atom. The minimum Gasteiger partial charge on any atom is -0.456 e. The number of rotatable bonds is 7. The number of ether oxygens (including phenoxy) is 2. The largest absolute Gasteiger partial charge is 0.456 e. The van der Waals surface area contributed by atoms with E-state index in [1.807, 2.05) is 37.3 Å². The lowest BCUT2D eigenvalue weighted by Crippen LogP contribution is -2.18. The van der Waals surface area contributed by atoms with E-state index in [-0.39, 0.29) is 0 Å². The Bertz CT molecular complexity index is 587. The zero-order chi connectivity index (χ0) is 15.1. The highest BCUT2D eigenvalue weighted by molar-refractivity contribution is 6.32. The Hall–Kier alpha value is -1.55. The second-order valence-electron chi connectivity index (χ2n) is 4.80. The molecule has 0 fully saturated rings. The average Bonchev–Trinajstić information content (AvgIpc) is 2.48. The van der Waals surface area contributed by atoms with Crippen LogP contribution < -0.4 is 10.1 Å². The summed E-state index contributed by atoms with van der Waals surface area (Å²) in [5.74, 6) is 1.50. The van der Waals surface area contributed by atoms with Crippen LogP contribution in [0, 0.1) is 6.92 Å². The topological polar surface area (TPSA) is 30.5 Å². The highest BCUT2D eigenvalue weighted by Crippen LogP contribution is 2.30. The second kappa shape index (κ2) is 8.03. The Morgan fingerprint density at radius 2 is 1.90 bits per heavy atom. The Kier molecular flexibility index (Phi) is 6.05. The lowest BCUT2D eigenvalue weighted by atomic mass is 10.1. The summed E-state index contributed by atoms with van der Waals surface area (Å²) in [6.07, 6.45) is 0. The lowest BCUT2D eigenvalue weighted by Gasteiger charge is -2.12. The molecular weight excluding hydrogens is 286 g/mol. The third-order valence-corrected chi connectivity index (χ3v) is 3.42. The van der Waals surface area contributed by atoms with Crippen molar-refractivity contribution in [1.82, 2.24) is 5.32 Å². The van der Waals surface area contributed by atoms with E-state index in [1.54, 1.807) is 7.11 Å². The van der Waals surface area contributed by atoms with Crippen molar-refractivity contribution in [2.75, 3.05) is 20.3 Å². The maximum atomic E-state index is 6.11. The standard InChI is InChI=1S/C17H20ClNO2/c1-13-11-14(12-19-9-10-20-2)7-8-16(13)21-17-6-4-3-5-15(17)18/h3-8,11,19H,9-10,12H2,1-2H3. The van der Waals surface area contributed by atoms with E-state index in [1.165, 1.54) is 5.56 Å². The van der Waals surface area contributed by atoms with Crippen molar-refractivity contribution in [2.24, 2.45) is 0 Å². The van der Waals surface area contributed by atoms with Crippen molar-refractivity contribution in [3.63, 3.8) is 0 Å². The summed E-state index contributed by atoms with van der Waals surface area (Å²) in [5, 5.41) is 3.93. The first-order chi connectivity index (χ1) is 10.2. The first kappa shape index (κ1) is 15.8. The molecule has 0 saturated heterocycles. The molecule has 1 N–H and O–H groups in total. The van der Waals surface area contributed by atoms with Gasteiger partial charge in [-0.2, -0.15) is 0 Å². The van der Waals surface area contributed by atoms with Crippen molar-refractivity contribution in [1.29, 1.82) is 0 Å². The molecule has 0 aliphatic carbocycles. The molecule has 3 nitrogen and oxygen atoms in total. The quantitative estimate of drug-likeness (QED) is 0.779. The van der Waals surface area contributed by atoms with Crippen molar-refractivity contribution in [3.05, 3.63) is 58.6 Å². The van der Waals surface area contributed by atoms with E-state index in [2.05, 4.69) is 17.4 Å². The molecule has 112 valence electrons. The summed E-state index contributed by atoms with van der Waals surface area (Å²) in [6.45, 7) is 4.40. The summed E-state index contributed by atoms with van der Waals surface area (Å²) < 4.78 is 10.9. The molecule has 0 atom stereocenters. The van der Waals surface area contributed by atoms with Gasteiger partial charge in [-0.15, -0.1) is 0 Å². The predicted molar refractivity (Wildman–Crippen MR) is 86.3 cm³/mol. The highest BCUT2D eigenvalue weighted by Gasteiger charge is 2.05. The maximum Gasteiger partial charge on any atom is 0.146 e. The van der Waals surface area contributed by atoms with Gasteiger partial charge in [-0.25, -0.2) is 0 Å².